The molecule has 0 atom stereocenters. The fourth-order valence-electron chi connectivity index (χ4n) is 3.42. The molecule has 1 fully saturated rings. The van der Waals surface area contributed by atoms with Crippen LogP contribution in [0.1, 0.15) is 31.2 Å². The van der Waals surface area contributed by atoms with E-state index in [1.54, 1.807) is 38.6 Å². The van der Waals surface area contributed by atoms with E-state index in [1.165, 1.54) is 31.4 Å². The van der Waals surface area contributed by atoms with Gasteiger partial charge in [0, 0.05) is 52.2 Å². The highest BCUT2D eigenvalue weighted by atomic mass is 19.1. The number of halogens is 1. The lowest BCUT2D eigenvalue weighted by molar-refractivity contribution is 0.0732. The maximum Gasteiger partial charge on any atom is 0.219 e. The summed E-state index contributed by atoms with van der Waals surface area (Å²) in [5.74, 6) is 1.28. The molecular weight excluding hydrogens is 371 g/mol. The smallest absolute Gasteiger partial charge is 0.219 e. The van der Waals surface area contributed by atoms with E-state index in [9.17, 15) is 4.39 Å². The zero-order valence-electron chi connectivity index (χ0n) is 17.1. The summed E-state index contributed by atoms with van der Waals surface area (Å²) in [5.41, 5.74) is 1.32. The van der Waals surface area contributed by atoms with Gasteiger partial charge in [-0.25, -0.2) is 9.37 Å². The van der Waals surface area contributed by atoms with Crippen LogP contribution in [0, 0.1) is 11.2 Å². The van der Waals surface area contributed by atoms with Gasteiger partial charge in [-0.05, 0) is 42.4 Å². The molecule has 1 aromatic heterocycles. The van der Waals surface area contributed by atoms with Crippen LogP contribution in [0.25, 0.3) is 0 Å². The van der Waals surface area contributed by atoms with Gasteiger partial charge in [0.2, 0.25) is 5.88 Å². The van der Waals surface area contributed by atoms with Crippen molar-refractivity contribution in [1.82, 2.24) is 15.6 Å². The summed E-state index contributed by atoms with van der Waals surface area (Å²) in [6.45, 7) is 2.29. The summed E-state index contributed by atoms with van der Waals surface area (Å²) < 4.78 is 24.1. The number of methoxy groups -OCH3 is 1. The molecule has 0 radical (unpaired) electrons. The molecule has 29 heavy (non-hydrogen) atoms. The Hall–Kier alpha value is -2.67. The van der Waals surface area contributed by atoms with Crippen molar-refractivity contribution < 1.29 is 13.9 Å². The first-order valence-corrected chi connectivity index (χ1v) is 9.94. The third kappa shape index (κ3) is 6.15. The Balaban J connectivity index is 1.47. The number of hydrogen-bond donors (Lipinski definition) is 2. The van der Waals surface area contributed by atoms with Crippen LogP contribution in [0.4, 0.5) is 4.39 Å². The highest BCUT2D eigenvalue weighted by Gasteiger charge is 2.36. The van der Waals surface area contributed by atoms with Crippen LogP contribution in [0.5, 0.6) is 11.6 Å². The van der Waals surface area contributed by atoms with Gasteiger partial charge in [0.1, 0.15) is 11.6 Å². The third-order valence-electron chi connectivity index (χ3n) is 5.38. The fourth-order valence-corrected chi connectivity index (χ4v) is 3.42. The zero-order valence-corrected chi connectivity index (χ0v) is 17.1. The van der Waals surface area contributed by atoms with Crippen molar-refractivity contribution in [3.63, 3.8) is 0 Å². The normalized spacial score (nSPS) is 15.5. The fraction of sp³-hybridized carbons (Fsp3) is 0.455. The average Bonchev–Trinajstić information content (AvgIpc) is 2.70. The number of aliphatic imine (C=N–C) groups is 1. The molecule has 0 amide bonds. The summed E-state index contributed by atoms with van der Waals surface area (Å²) in [7, 11) is 3.52. The maximum atomic E-state index is 13.2. The first-order chi connectivity index (χ1) is 14.1. The highest BCUT2D eigenvalue weighted by molar-refractivity contribution is 5.79. The van der Waals surface area contributed by atoms with Gasteiger partial charge >= 0.3 is 0 Å². The SMILES string of the molecule is CN=C(NCc1ccc(Oc2cccc(F)c2)nc1)NCC1(CCOC)CCC1. The second kappa shape index (κ2) is 10.2. The van der Waals surface area contributed by atoms with Crippen molar-refractivity contribution in [2.24, 2.45) is 10.4 Å². The van der Waals surface area contributed by atoms with Crippen LogP contribution >= 0.6 is 0 Å². The molecule has 1 aromatic carbocycles. The second-order valence-electron chi connectivity index (χ2n) is 7.44. The molecular formula is C22H29FN4O2. The number of guanidine groups is 1. The number of pyridine rings is 1. The van der Waals surface area contributed by atoms with E-state index in [4.69, 9.17) is 9.47 Å². The van der Waals surface area contributed by atoms with Gasteiger partial charge in [-0.3, -0.25) is 4.99 Å². The summed E-state index contributed by atoms with van der Waals surface area (Å²) >= 11 is 0. The lowest BCUT2D eigenvalue weighted by Crippen LogP contribution is -2.46. The van der Waals surface area contributed by atoms with Crippen molar-refractivity contribution in [3.8, 4) is 11.6 Å². The molecule has 7 heteroatoms. The Morgan fingerprint density at radius 2 is 2.10 bits per heavy atom. The number of benzene rings is 1. The number of ether oxygens (including phenoxy) is 2. The maximum absolute atomic E-state index is 13.2. The van der Waals surface area contributed by atoms with Gasteiger partial charge in [-0.2, -0.15) is 0 Å². The van der Waals surface area contributed by atoms with Crippen molar-refractivity contribution in [2.75, 3.05) is 27.3 Å². The number of rotatable bonds is 9. The van der Waals surface area contributed by atoms with Crippen LogP contribution in [0.15, 0.2) is 47.6 Å². The molecule has 0 aliphatic heterocycles. The number of aromatic nitrogens is 1. The predicted molar refractivity (Wildman–Crippen MR) is 112 cm³/mol. The second-order valence-corrected chi connectivity index (χ2v) is 7.44. The van der Waals surface area contributed by atoms with Crippen LogP contribution in [0.2, 0.25) is 0 Å². The molecule has 1 saturated carbocycles. The predicted octanol–water partition coefficient (Wildman–Crippen LogP) is 3.88. The van der Waals surface area contributed by atoms with Crippen molar-refractivity contribution >= 4 is 5.96 Å². The van der Waals surface area contributed by atoms with E-state index in [-0.39, 0.29) is 5.82 Å². The number of hydrogen-bond acceptors (Lipinski definition) is 4. The van der Waals surface area contributed by atoms with Crippen molar-refractivity contribution in [2.45, 2.75) is 32.2 Å². The summed E-state index contributed by atoms with van der Waals surface area (Å²) in [4.78, 5) is 8.60. The molecule has 6 nitrogen and oxygen atoms in total. The lowest BCUT2D eigenvalue weighted by Gasteiger charge is -2.42. The zero-order chi connectivity index (χ0) is 20.5. The molecule has 0 saturated heterocycles. The highest BCUT2D eigenvalue weighted by Crippen LogP contribution is 2.43. The Labute approximate surface area is 171 Å². The van der Waals surface area contributed by atoms with E-state index < -0.39 is 0 Å². The lowest BCUT2D eigenvalue weighted by atomic mass is 9.67. The van der Waals surface area contributed by atoms with Crippen LogP contribution in [-0.4, -0.2) is 38.3 Å². The number of nitrogens with zero attached hydrogens (tertiary/aromatic N) is 2. The molecule has 0 bridgehead atoms. The Morgan fingerprint density at radius 1 is 1.24 bits per heavy atom. The standard InChI is InChI=1S/C22H29FN4O2/c1-24-21(27-16-22(9-4-10-22)11-12-28-2)26-15-17-7-8-20(25-14-17)29-19-6-3-5-18(23)13-19/h3,5-8,13-14H,4,9-12,15-16H2,1-2H3,(H2,24,26,27). The van der Waals surface area contributed by atoms with E-state index in [1.807, 2.05) is 6.07 Å². The third-order valence-corrected chi connectivity index (χ3v) is 5.38. The van der Waals surface area contributed by atoms with Gasteiger partial charge in [0.15, 0.2) is 5.96 Å². The monoisotopic (exact) mass is 400 g/mol. The van der Waals surface area contributed by atoms with E-state index >= 15 is 0 Å². The summed E-state index contributed by atoms with van der Waals surface area (Å²) in [6.07, 6.45) is 6.56. The van der Waals surface area contributed by atoms with Gasteiger partial charge in [-0.15, -0.1) is 0 Å². The molecule has 156 valence electrons. The first-order valence-electron chi connectivity index (χ1n) is 9.94. The Bertz CT molecular complexity index is 807. The minimum absolute atomic E-state index is 0.324. The van der Waals surface area contributed by atoms with Gasteiger partial charge in [-0.1, -0.05) is 18.6 Å². The Morgan fingerprint density at radius 3 is 2.72 bits per heavy atom. The average molecular weight is 400 g/mol. The van der Waals surface area contributed by atoms with Crippen LogP contribution in [-0.2, 0) is 11.3 Å². The van der Waals surface area contributed by atoms with E-state index in [2.05, 4.69) is 20.6 Å². The molecule has 0 unspecified atom stereocenters. The topological polar surface area (TPSA) is 67.8 Å². The van der Waals surface area contributed by atoms with Gasteiger partial charge in [0.05, 0.1) is 0 Å². The largest absolute Gasteiger partial charge is 0.439 e. The molecule has 1 aliphatic carbocycles. The van der Waals surface area contributed by atoms with Crippen LogP contribution in [0.3, 0.4) is 0 Å². The van der Waals surface area contributed by atoms with Crippen molar-refractivity contribution in [3.05, 3.63) is 54.0 Å². The van der Waals surface area contributed by atoms with E-state index in [0.717, 1.165) is 31.1 Å². The Kier molecular flexibility index (Phi) is 7.41. The molecule has 2 aromatic rings. The van der Waals surface area contributed by atoms with E-state index in [0.29, 0.717) is 23.6 Å². The van der Waals surface area contributed by atoms with Crippen LogP contribution < -0.4 is 15.4 Å². The molecule has 1 aliphatic rings. The molecule has 3 rings (SSSR count). The number of nitrogens with one attached hydrogen (secondary N) is 2. The minimum atomic E-state index is -0.340. The van der Waals surface area contributed by atoms with Gasteiger partial charge in [0.25, 0.3) is 0 Å². The molecule has 0 spiro atoms. The first kappa shape index (κ1) is 21.0. The summed E-state index contributed by atoms with van der Waals surface area (Å²) in [6, 6.07) is 9.69. The van der Waals surface area contributed by atoms with Gasteiger partial charge < -0.3 is 20.1 Å². The summed E-state index contributed by atoms with van der Waals surface area (Å²) in [5, 5.41) is 6.76. The quantitative estimate of drug-likeness (QED) is 0.494. The van der Waals surface area contributed by atoms with Crippen molar-refractivity contribution in [1.29, 1.82) is 0 Å². The molecule has 1 heterocycles. The minimum Gasteiger partial charge on any atom is -0.439 e. The molecule has 2 N–H and O–H groups in total.